The molecule has 0 N–H and O–H groups in total. The summed E-state index contributed by atoms with van der Waals surface area (Å²) in [5.74, 6) is 0. The Morgan fingerprint density at radius 2 is 1.18 bits per heavy atom. The Kier molecular flexibility index (Phi) is 19.9. The second-order valence-electron chi connectivity index (χ2n) is 8.02. The summed E-state index contributed by atoms with van der Waals surface area (Å²) in [7, 11) is 0. The molecule has 0 aromatic heterocycles. The summed E-state index contributed by atoms with van der Waals surface area (Å²) in [6.45, 7) is 25.1. The standard InChI is InChI=1S/C11H22GeN2.C11H21N2.Cu/c1-8(2)13-10(5)7-11(6)14(12)9(3)4;1-8(2)12-10(5)7-11(6)13-9(3)4;/h7-9,12H,1-6H3;7-9H,1-6H3;/q;-1;+1/b11-7-,13-10?;10-7-,13-11?;. The van der Waals surface area contributed by atoms with Crippen LogP contribution in [0.2, 0.25) is 0 Å². The zero-order valence-electron chi connectivity index (χ0n) is 20.1. The van der Waals surface area contributed by atoms with Crippen molar-refractivity contribution in [1.82, 2.24) is 3.86 Å². The molecule has 0 aliphatic rings. The Bertz CT molecular complexity index is 533. The number of nitrogens with zero attached hydrogens (tertiary/aromatic N) is 4. The van der Waals surface area contributed by atoms with Crippen molar-refractivity contribution >= 4 is 28.2 Å². The maximum absolute atomic E-state index is 4.48. The molecule has 4 nitrogen and oxygen atoms in total. The fourth-order valence-corrected chi connectivity index (χ4v) is 2.58. The summed E-state index contributed by atoms with van der Waals surface area (Å²) >= 11 is 1.64. The number of hydrogen-bond donors (Lipinski definition) is 0. The largest absolute Gasteiger partial charge is 1.00 e. The van der Waals surface area contributed by atoms with Crippen LogP contribution in [0.5, 0.6) is 0 Å². The van der Waals surface area contributed by atoms with Crippen LogP contribution in [-0.4, -0.2) is 56.2 Å². The van der Waals surface area contributed by atoms with Crippen LogP contribution in [0.15, 0.2) is 33.5 Å². The summed E-state index contributed by atoms with van der Waals surface area (Å²) in [6.07, 6.45) is 4.18. The zero-order valence-corrected chi connectivity index (χ0v) is 23.5. The summed E-state index contributed by atoms with van der Waals surface area (Å²) < 4.78 is 2.31. The second kappa shape index (κ2) is 17.4. The van der Waals surface area contributed by atoms with Gasteiger partial charge in [-0.25, -0.2) is 0 Å². The third kappa shape index (κ3) is 20.2. The first-order valence-electron chi connectivity index (χ1n) is 9.96. The van der Waals surface area contributed by atoms with Crippen LogP contribution in [0.4, 0.5) is 0 Å². The Morgan fingerprint density at radius 3 is 1.50 bits per heavy atom. The third-order valence-electron chi connectivity index (χ3n) is 3.18. The molecule has 0 aliphatic carbocycles. The molecule has 0 spiro atoms. The van der Waals surface area contributed by atoms with Gasteiger partial charge in [0.2, 0.25) is 0 Å². The van der Waals surface area contributed by atoms with Gasteiger partial charge in [0.25, 0.3) is 0 Å². The van der Waals surface area contributed by atoms with E-state index in [1.54, 1.807) is 16.7 Å². The first-order chi connectivity index (χ1) is 12.3. The number of hydrogen-bond acceptors (Lipinski definition) is 3. The first-order valence-corrected chi connectivity index (χ1v) is 11.0. The Hall–Kier alpha value is -0.518. The SMILES string of the molecule is CC(/C=C(/C)[N-]C(C)C)=NC(C)C.CC(/C=C(/C)[N]([GeH])C(C)C)=NC(C)C.[Cu+]. The third-order valence-corrected chi connectivity index (χ3v) is 5.29. The van der Waals surface area contributed by atoms with E-state index in [1.807, 2.05) is 19.9 Å². The molecule has 0 unspecified atom stereocenters. The Morgan fingerprint density at radius 1 is 0.786 bits per heavy atom. The maximum atomic E-state index is 4.48. The van der Waals surface area contributed by atoms with E-state index in [9.17, 15) is 0 Å². The molecular formula is C22H43CuGeN4. The van der Waals surface area contributed by atoms with E-state index in [-0.39, 0.29) is 17.1 Å². The summed E-state index contributed by atoms with van der Waals surface area (Å²) in [5, 5.41) is 4.40. The number of aliphatic imine (C=N–C) groups is 2. The fourth-order valence-electron chi connectivity index (χ4n) is 2.42. The average molecular weight is 500 g/mol. The fraction of sp³-hybridized carbons (Fsp3) is 0.727. The van der Waals surface area contributed by atoms with Crippen LogP contribution >= 0.6 is 0 Å². The van der Waals surface area contributed by atoms with Crippen LogP contribution in [0.3, 0.4) is 0 Å². The maximum Gasteiger partial charge on any atom is 1.00 e. The molecule has 0 amide bonds. The van der Waals surface area contributed by atoms with Crippen molar-refractivity contribution in [2.24, 2.45) is 9.98 Å². The van der Waals surface area contributed by atoms with E-state index in [2.05, 4.69) is 94.5 Å². The molecule has 0 rings (SSSR count). The first kappa shape index (κ1) is 32.2. The van der Waals surface area contributed by atoms with Gasteiger partial charge in [0.15, 0.2) is 0 Å². The average Bonchev–Trinajstić information content (AvgIpc) is 2.43. The summed E-state index contributed by atoms with van der Waals surface area (Å²) in [6, 6.07) is 1.68. The molecule has 0 fully saturated rings. The van der Waals surface area contributed by atoms with Crippen molar-refractivity contribution < 1.29 is 17.1 Å². The topological polar surface area (TPSA) is 42.1 Å². The molecule has 166 valence electrons. The van der Waals surface area contributed by atoms with E-state index in [1.165, 1.54) is 5.70 Å². The summed E-state index contributed by atoms with van der Waals surface area (Å²) in [5.41, 5.74) is 4.51. The van der Waals surface area contributed by atoms with E-state index in [4.69, 9.17) is 0 Å². The van der Waals surface area contributed by atoms with Gasteiger partial charge in [0.05, 0.1) is 0 Å². The van der Waals surface area contributed by atoms with Gasteiger partial charge in [-0.3, -0.25) is 4.99 Å². The van der Waals surface area contributed by atoms with Gasteiger partial charge in [-0.05, 0) is 20.8 Å². The zero-order chi connectivity index (χ0) is 21.7. The predicted molar refractivity (Wildman–Crippen MR) is 127 cm³/mol. The van der Waals surface area contributed by atoms with Gasteiger partial charge in [-0.15, -0.1) is 6.04 Å². The second-order valence-corrected chi connectivity index (χ2v) is 9.19. The Balaban J connectivity index is -0.000000432. The summed E-state index contributed by atoms with van der Waals surface area (Å²) in [4.78, 5) is 8.88. The van der Waals surface area contributed by atoms with Crippen molar-refractivity contribution in [1.29, 1.82) is 0 Å². The molecule has 0 heterocycles. The van der Waals surface area contributed by atoms with Gasteiger partial charge in [-0.1, -0.05) is 26.8 Å². The van der Waals surface area contributed by atoms with Crippen LogP contribution in [0, 0.1) is 0 Å². The van der Waals surface area contributed by atoms with Crippen LogP contribution in [-0.2, 0) is 17.1 Å². The molecule has 0 saturated carbocycles. The van der Waals surface area contributed by atoms with Crippen molar-refractivity contribution in [3.63, 3.8) is 0 Å². The molecule has 0 aromatic carbocycles. The minimum atomic E-state index is 0. The quantitative estimate of drug-likeness (QED) is 0.306. The Labute approximate surface area is 194 Å². The molecule has 0 aromatic rings. The van der Waals surface area contributed by atoms with Gasteiger partial charge in [0, 0.05) is 11.8 Å². The molecule has 6 heteroatoms. The molecule has 0 atom stereocenters. The van der Waals surface area contributed by atoms with E-state index in [0.717, 1.165) is 17.1 Å². The molecule has 0 aliphatic heterocycles. The number of rotatable bonds is 8. The minimum Gasteiger partial charge on any atom is 1.00 e. The predicted octanol–water partition coefficient (Wildman–Crippen LogP) is 5.82. The minimum absolute atomic E-state index is 0. The van der Waals surface area contributed by atoms with Crippen LogP contribution < -0.4 is 0 Å². The van der Waals surface area contributed by atoms with Crippen molar-refractivity contribution in [3.8, 4) is 0 Å². The molecule has 2 radical (unpaired) electrons. The van der Waals surface area contributed by atoms with Gasteiger partial charge in [0.1, 0.15) is 0 Å². The van der Waals surface area contributed by atoms with Crippen molar-refractivity contribution in [2.45, 2.75) is 107 Å². The van der Waals surface area contributed by atoms with Crippen LogP contribution in [0.1, 0.15) is 83.1 Å². The monoisotopic (exact) mass is 500 g/mol. The van der Waals surface area contributed by atoms with Gasteiger partial charge < -0.3 is 5.32 Å². The smallest absolute Gasteiger partial charge is 1.00 e. The molecule has 0 saturated heterocycles. The molecular weight excluding hydrogens is 456 g/mol. The molecule has 0 bridgehead atoms. The van der Waals surface area contributed by atoms with Gasteiger partial charge >= 0.3 is 114 Å². The van der Waals surface area contributed by atoms with Gasteiger partial charge in [-0.2, -0.15) is 5.70 Å². The van der Waals surface area contributed by atoms with Crippen molar-refractivity contribution in [3.05, 3.63) is 28.9 Å². The van der Waals surface area contributed by atoms with E-state index in [0.29, 0.717) is 24.2 Å². The van der Waals surface area contributed by atoms with Crippen LogP contribution in [0.25, 0.3) is 5.32 Å². The van der Waals surface area contributed by atoms with E-state index < -0.39 is 0 Å². The molecule has 28 heavy (non-hydrogen) atoms. The van der Waals surface area contributed by atoms with E-state index >= 15 is 0 Å². The normalized spacial score (nSPS) is 13.6. The number of allylic oxidation sites excluding steroid dienone is 4. The van der Waals surface area contributed by atoms with Crippen molar-refractivity contribution in [2.75, 3.05) is 0 Å².